The minimum absolute atomic E-state index is 0.226. The topological polar surface area (TPSA) is 91.3 Å². The third-order valence-electron chi connectivity index (χ3n) is 1.32. The molecule has 2 amide bonds. The summed E-state index contributed by atoms with van der Waals surface area (Å²) in [5.74, 6) is 0.157. The maximum Gasteiger partial charge on any atom is 0.409 e. The summed E-state index contributed by atoms with van der Waals surface area (Å²) in [5.41, 5.74) is 0.353. The van der Waals surface area contributed by atoms with Gasteiger partial charge in [-0.25, -0.2) is 9.78 Å². The molecule has 3 N–H and O–H groups in total. The van der Waals surface area contributed by atoms with E-state index in [1.807, 2.05) is 0 Å². The fourth-order valence-electron chi connectivity index (χ4n) is 0.846. The highest BCUT2D eigenvalue weighted by Crippen LogP contribution is 2.08. The van der Waals surface area contributed by atoms with Gasteiger partial charge < -0.3 is 10.4 Å². The van der Waals surface area contributed by atoms with Crippen molar-refractivity contribution >= 4 is 23.5 Å². The highest BCUT2D eigenvalue weighted by Gasteiger charge is 1.99. The quantitative estimate of drug-likeness (QED) is 0.659. The minimum atomic E-state index is -1.15. The lowest BCUT2D eigenvalue weighted by molar-refractivity contribution is -0.114. The van der Waals surface area contributed by atoms with Crippen LogP contribution in [0.25, 0.3) is 0 Å². The second-order valence-corrected chi connectivity index (χ2v) is 2.54. The van der Waals surface area contributed by atoms with E-state index in [-0.39, 0.29) is 5.91 Å². The van der Waals surface area contributed by atoms with Gasteiger partial charge in [0.2, 0.25) is 5.91 Å². The van der Waals surface area contributed by atoms with Crippen molar-refractivity contribution in [3.8, 4) is 0 Å². The number of rotatable bonds is 2. The van der Waals surface area contributed by atoms with Gasteiger partial charge in [0.1, 0.15) is 5.82 Å². The van der Waals surface area contributed by atoms with E-state index in [4.69, 9.17) is 5.11 Å². The van der Waals surface area contributed by atoms with E-state index in [0.29, 0.717) is 11.5 Å². The average molecular weight is 195 g/mol. The van der Waals surface area contributed by atoms with Crippen LogP contribution in [0.15, 0.2) is 18.3 Å². The standard InChI is InChI=1S/C8H9N3O3/c1-5(12)10-7-3-2-6(4-9-7)11-8(13)14/h2-4,11H,1H3,(H,13,14)(H,9,10,12). The number of pyridine rings is 1. The van der Waals surface area contributed by atoms with Gasteiger partial charge in [0.25, 0.3) is 0 Å². The molecule has 0 aliphatic carbocycles. The van der Waals surface area contributed by atoms with Gasteiger partial charge >= 0.3 is 6.09 Å². The van der Waals surface area contributed by atoms with Crippen molar-refractivity contribution in [2.75, 3.05) is 10.6 Å². The van der Waals surface area contributed by atoms with Crippen LogP contribution < -0.4 is 10.6 Å². The number of nitrogens with one attached hydrogen (secondary N) is 2. The lowest BCUT2D eigenvalue weighted by Crippen LogP contribution is -2.09. The summed E-state index contributed by atoms with van der Waals surface area (Å²) in [7, 11) is 0. The Balaban J connectivity index is 2.68. The lowest BCUT2D eigenvalue weighted by atomic mass is 10.4. The molecule has 0 aliphatic rings. The largest absolute Gasteiger partial charge is 0.465 e. The Bertz CT molecular complexity index is 312. The van der Waals surface area contributed by atoms with E-state index in [1.165, 1.54) is 25.3 Å². The fraction of sp³-hybridized carbons (Fsp3) is 0.125. The first-order valence-electron chi connectivity index (χ1n) is 3.81. The predicted molar refractivity (Wildman–Crippen MR) is 50.2 cm³/mol. The number of hydrogen-bond donors (Lipinski definition) is 3. The zero-order chi connectivity index (χ0) is 10.6. The van der Waals surface area contributed by atoms with E-state index in [2.05, 4.69) is 15.6 Å². The van der Waals surface area contributed by atoms with Gasteiger partial charge in [0, 0.05) is 6.92 Å². The third-order valence-corrected chi connectivity index (χ3v) is 1.32. The molecular weight excluding hydrogens is 186 g/mol. The summed E-state index contributed by atoms with van der Waals surface area (Å²) in [5, 5.41) is 13.0. The van der Waals surface area contributed by atoms with E-state index < -0.39 is 6.09 Å². The number of carbonyl (C=O) groups excluding carboxylic acids is 1. The smallest absolute Gasteiger partial charge is 0.409 e. The van der Waals surface area contributed by atoms with Crippen LogP contribution in [-0.4, -0.2) is 22.1 Å². The Kier molecular flexibility index (Phi) is 3.01. The molecule has 0 saturated carbocycles. The molecule has 0 spiro atoms. The Morgan fingerprint density at radius 1 is 1.36 bits per heavy atom. The molecule has 0 radical (unpaired) electrons. The molecule has 14 heavy (non-hydrogen) atoms. The summed E-state index contributed by atoms with van der Waals surface area (Å²) >= 11 is 0. The Labute approximate surface area is 80.0 Å². The number of hydrogen-bond acceptors (Lipinski definition) is 3. The summed E-state index contributed by atoms with van der Waals surface area (Å²) in [6, 6.07) is 3.01. The molecule has 0 fully saturated rings. The molecule has 1 heterocycles. The van der Waals surface area contributed by atoms with Gasteiger partial charge in [-0.3, -0.25) is 10.1 Å². The van der Waals surface area contributed by atoms with Crippen LogP contribution in [0, 0.1) is 0 Å². The maximum absolute atomic E-state index is 10.6. The van der Waals surface area contributed by atoms with Gasteiger partial charge in [0.05, 0.1) is 11.9 Å². The number of aromatic nitrogens is 1. The molecule has 1 rings (SSSR count). The van der Waals surface area contributed by atoms with Crippen LogP contribution in [0.4, 0.5) is 16.3 Å². The van der Waals surface area contributed by atoms with Crippen molar-refractivity contribution in [2.24, 2.45) is 0 Å². The average Bonchev–Trinajstić information content (AvgIpc) is 2.06. The molecule has 1 aromatic heterocycles. The number of carbonyl (C=O) groups is 2. The first-order chi connectivity index (χ1) is 6.58. The van der Waals surface area contributed by atoms with Crippen molar-refractivity contribution in [3.05, 3.63) is 18.3 Å². The van der Waals surface area contributed by atoms with Crippen molar-refractivity contribution in [2.45, 2.75) is 6.92 Å². The van der Waals surface area contributed by atoms with Gasteiger partial charge in [0.15, 0.2) is 0 Å². The second-order valence-electron chi connectivity index (χ2n) is 2.54. The summed E-state index contributed by atoms with van der Waals surface area (Å²) in [4.78, 5) is 24.7. The third kappa shape index (κ3) is 3.10. The SMILES string of the molecule is CC(=O)Nc1ccc(NC(=O)O)cn1. The first-order valence-corrected chi connectivity index (χ1v) is 3.81. The van der Waals surface area contributed by atoms with Crippen LogP contribution in [0.3, 0.4) is 0 Å². The number of amides is 2. The molecule has 0 unspecified atom stereocenters. The van der Waals surface area contributed by atoms with E-state index in [0.717, 1.165) is 0 Å². The second kappa shape index (κ2) is 4.22. The summed E-state index contributed by atoms with van der Waals surface area (Å²) in [6.07, 6.45) is 0.165. The predicted octanol–water partition coefficient (Wildman–Crippen LogP) is 1.13. The van der Waals surface area contributed by atoms with Crippen LogP contribution in [-0.2, 0) is 4.79 Å². The molecular formula is C8H9N3O3. The Morgan fingerprint density at radius 2 is 2.07 bits per heavy atom. The molecule has 0 saturated heterocycles. The fourth-order valence-corrected chi connectivity index (χ4v) is 0.846. The Hall–Kier alpha value is -2.11. The molecule has 0 bridgehead atoms. The number of carboxylic acid groups (broad SMARTS) is 1. The van der Waals surface area contributed by atoms with Crippen molar-refractivity contribution in [3.63, 3.8) is 0 Å². The minimum Gasteiger partial charge on any atom is -0.465 e. The lowest BCUT2D eigenvalue weighted by Gasteiger charge is -2.02. The van der Waals surface area contributed by atoms with Gasteiger partial charge in [-0.15, -0.1) is 0 Å². The van der Waals surface area contributed by atoms with Crippen molar-refractivity contribution < 1.29 is 14.7 Å². The Morgan fingerprint density at radius 3 is 2.50 bits per heavy atom. The molecule has 0 atom stereocenters. The van der Waals surface area contributed by atoms with Crippen molar-refractivity contribution in [1.82, 2.24) is 4.98 Å². The molecule has 74 valence electrons. The first kappa shape index (κ1) is 9.97. The van der Waals surface area contributed by atoms with E-state index in [1.54, 1.807) is 0 Å². The maximum atomic E-state index is 10.6. The summed E-state index contributed by atoms with van der Waals surface area (Å²) in [6.45, 7) is 1.37. The highest BCUT2D eigenvalue weighted by atomic mass is 16.4. The van der Waals surface area contributed by atoms with Gasteiger partial charge in [-0.05, 0) is 12.1 Å². The van der Waals surface area contributed by atoms with Crippen LogP contribution in [0.5, 0.6) is 0 Å². The molecule has 0 aliphatic heterocycles. The highest BCUT2D eigenvalue weighted by molar-refractivity contribution is 5.88. The van der Waals surface area contributed by atoms with Crippen LogP contribution in [0.1, 0.15) is 6.92 Å². The van der Waals surface area contributed by atoms with Gasteiger partial charge in [-0.1, -0.05) is 0 Å². The zero-order valence-electron chi connectivity index (χ0n) is 7.44. The number of nitrogens with zero attached hydrogens (tertiary/aromatic N) is 1. The molecule has 1 aromatic rings. The van der Waals surface area contributed by atoms with Crippen molar-refractivity contribution in [1.29, 1.82) is 0 Å². The van der Waals surface area contributed by atoms with Crippen LogP contribution >= 0.6 is 0 Å². The van der Waals surface area contributed by atoms with E-state index in [9.17, 15) is 9.59 Å². The van der Waals surface area contributed by atoms with Gasteiger partial charge in [-0.2, -0.15) is 0 Å². The molecule has 6 heteroatoms. The normalized spacial score (nSPS) is 9.21. The van der Waals surface area contributed by atoms with Crippen LogP contribution in [0.2, 0.25) is 0 Å². The summed E-state index contributed by atoms with van der Waals surface area (Å²) < 4.78 is 0. The number of anilines is 2. The monoisotopic (exact) mass is 195 g/mol. The molecule has 0 aromatic carbocycles. The molecule has 6 nitrogen and oxygen atoms in total. The zero-order valence-corrected chi connectivity index (χ0v) is 7.44. The van der Waals surface area contributed by atoms with E-state index >= 15 is 0 Å².